The number of nitrogens with one attached hydrogen (secondary N) is 1. The van der Waals surface area contributed by atoms with E-state index in [1.54, 1.807) is 30.3 Å². The van der Waals surface area contributed by atoms with Crippen molar-refractivity contribution in [3.05, 3.63) is 89.7 Å². The van der Waals surface area contributed by atoms with Gasteiger partial charge in [0.1, 0.15) is 23.9 Å². The Morgan fingerprint density at radius 3 is 2.34 bits per heavy atom. The SMILES string of the molecule is Cc1ccc(N(C(=O)Cn2nnc3ccccc32)[C@H](C(=O)NC(C)(C)C)c2ccccc2F)cc1. The largest absolute Gasteiger partial charge is 0.349 e. The minimum Gasteiger partial charge on any atom is -0.349 e. The third-order valence-electron chi connectivity index (χ3n) is 5.49. The van der Waals surface area contributed by atoms with Crippen LogP contribution in [-0.2, 0) is 16.1 Å². The van der Waals surface area contributed by atoms with Gasteiger partial charge in [0.2, 0.25) is 11.8 Å². The molecule has 2 amide bonds. The smallest absolute Gasteiger partial charge is 0.249 e. The van der Waals surface area contributed by atoms with E-state index >= 15 is 4.39 Å². The first-order valence-corrected chi connectivity index (χ1v) is 11.4. The fraction of sp³-hybridized carbons (Fsp3) is 0.259. The van der Waals surface area contributed by atoms with E-state index in [0.717, 1.165) is 5.56 Å². The predicted molar refractivity (Wildman–Crippen MR) is 133 cm³/mol. The lowest BCUT2D eigenvalue weighted by Crippen LogP contribution is -2.50. The maximum absolute atomic E-state index is 15.1. The molecule has 0 aliphatic carbocycles. The van der Waals surface area contributed by atoms with Crippen molar-refractivity contribution in [2.75, 3.05) is 4.90 Å². The normalized spacial score (nSPS) is 12.4. The minimum atomic E-state index is -1.24. The number of para-hydroxylation sites is 1. The first-order valence-electron chi connectivity index (χ1n) is 11.4. The summed E-state index contributed by atoms with van der Waals surface area (Å²) in [7, 11) is 0. The van der Waals surface area contributed by atoms with Gasteiger partial charge in [-0.25, -0.2) is 9.07 Å². The van der Waals surface area contributed by atoms with Crippen molar-refractivity contribution in [3.8, 4) is 0 Å². The van der Waals surface area contributed by atoms with Crippen LogP contribution in [0.5, 0.6) is 0 Å². The zero-order valence-electron chi connectivity index (χ0n) is 20.2. The molecule has 0 bridgehead atoms. The molecular weight excluding hydrogens is 445 g/mol. The number of anilines is 1. The second kappa shape index (κ2) is 9.66. The number of benzene rings is 3. The van der Waals surface area contributed by atoms with Gasteiger partial charge in [0.25, 0.3) is 0 Å². The maximum atomic E-state index is 15.1. The van der Waals surface area contributed by atoms with Crippen LogP contribution in [0, 0.1) is 12.7 Å². The van der Waals surface area contributed by atoms with Crippen molar-refractivity contribution in [1.29, 1.82) is 0 Å². The molecule has 35 heavy (non-hydrogen) atoms. The van der Waals surface area contributed by atoms with Gasteiger partial charge in [-0.1, -0.05) is 53.2 Å². The van der Waals surface area contributed by atoms with E-state index in [1.807, 2.05) is 58.0 Å². The van der Waals surface area contributed by atoms with E-state index in [9.17, 15) is 9.59 Å². The topological polar surface area (TPSA) is 80.1 Å². The van der Waals surface area contributed by atoms with Gasteiger partial charge < -0.3 is 5.32 Å². The van der Waals surface area contributed by atoms with Gasteiger partial charge in [0, 0.05) is 16.8 Å². The van der Waals surface area contributed by atoms with E-state index in [-0.39, 0.29) is 12.1 Å². The number of hydrogen-bond acceptors (Lipinski definition) is 4. The minimum absolute atomic E-state index is 0.103. The Bertz CT molecular complexity index is 1360. The Hall–Kier alpha value is -4.07. The molecule has 3 aromatic carbocycles. The number of nitrogens with zero attached hydrogens (tertiary/aromatic N) is 4. The third-order valence-corrected chi connectivity index (χ3v) is 5.49. The van der Waals surface area contributed by atoms with E-state index in [0.29, 0.717) is 16.7 Å². The predicted octanol–water partition coefficient (Wildman–Crippen LogP) is 4.57. The summed E-state index contributed by atoms with van der Waals surface area (Å²) in [5.74, 6) is -1.49. The fourth-order valence-electron chi connectivity index (χ4n) is 3.91. The monoisotopic (exact) mass is 473 g/mol. The van der Waals surface area contributed by atoms with Crippen LogP contribution >= 0.6 is 0 Å². The summed E-state index contributed by atoms with van der Waals surface area (Å²) in [6, 6.07) is 19.3. The van der Waals surface area contributed by atoms with Gasteiger partial charge in [-0.3, -0.25) is 14.5 Å². The second-order valence-corrected chi connectivity index (χ2v) is 9.50. The molecular formula is C27H28FN5O2. The van der Waals surface area contributed by atoms with Crippen molar-refractivity contribution in [2.45, 2.75) is 45.8 Å². The Balaban J connectivity index is 1.83. The summed E-state index contributed by atoms with van der Waals surface area (Å²) in [6.45, 7) is 7.26. The lowest BCUT2D eigenvalue weighted by atomic mass is 10.00. The third kappa shape index (κ3) is 5.37. The highest BCUT2D eigenvalue weighted by Crippen LogP contribution is 2.31. The summed E-state index contributed by atoms with van der Waals surface area (Å²) in [5, 5.41) is 11.2. The molecule has 0 radical (unpaired) electrons. The highest BCUT2D eigenvalue weighted by molar-refractivity contribution is 6.01. The van der Waals surface area contributed by atoms with Gasteiger partial charge in [-0.05, 0) is 58.0 Å². The van der Waals surface area contributed by atoms with Crippen LogP contribution in [0.25, 0.3) is 11.0 Å². The van der Waals surface area contributed by atoms with Crippen LogP contribution in [0.2, 0.25) is 0 Å². The Kier molecular flexibility index (Phi) is 6.64. The maximum Gasteiger partial charge on any atom is 0.249 e. The number of aryl methyl sites for hydroxylation is 1. The van der Waals surface area contributed by atoms with Crippen LogP contribution in [-0.4, -0.2) is 32.3 Å². The Morgan fingerprint density at radius 2 is 1.66 bits per heavy atom. The summed E-state index contributed by atoms with van der Waals surface area (Å²) in [6.07, 6.45) is 0. The molecule has 1 aromatic heterocycles. The standard InChI is InChI=1S/C27H28FN5O2/c1-18-13-15-19(16-14-18)33(24(34)17-32-23-12-8-7-11-22(23)30-31-32)25(26(35)29-27(2,3)4)20-9-5-6-10-21(20)28/h5-16,25H,17H2,1-4H3,(H,29,35)/t25-/m0/s1. The average molecular weight is 474 g/mol. The number of halogens is 1. The molecule has 0 fully saturated rings. The van der Waals surface area contributed by atoms with Gasteiger partial charge in [-0.15, -0.1) is 5.10 Å². The number of fused-ring (bicyclic) bond motifs is 1. The number of carbonyl (C=O) groups excluding carboxylic acids is 2. The molecule has 4 aromatic rings. The number of rotatable bonds is 6. The van der Waals surface area contributed by atoms with E-state index < -0.39 is 29.2 Å². The van der Waals surface area contributed by atoms with Crippen LogP contribution in [0.15, 0.2) is 72.8 Å². The Morgan fingerprint density at radius 1 is 1.00 bits per heavy atom. The van der Waals surface area contributed by atoms with Crippen LogP contribution in [0.3, 0.4) is 0 Å². The average Bonchev–Trinajstić information content (AvgIpc) is 3.20. The number of aromatic nitrogens is 3. The fourth-order valence-corrected chi connectivity index (χ4v) is 3.91. The van der Waals surface area contributed by atoms with Crippen molar-refractivity contribution in [2.24, 2.45) is 0 Å². The van der Waals surface area contributed by atoms with E-state index in [4.69, 9.17) is 0 Å². The summed E-state index contributed by atoms with van der Waals surface area (Å²) in [4.78, 5) is 28.8. The quantitative estimate of drug-likeness (QED) is 0.445. The van der Waals surface area contributed by atoms with Crippen molar-refractivity contribution in [3.63, 3.8) is 0 Å². The molecule has 1 heterocycles. The lowest BCUT2D eigenvalue weighted by molar-refractivity contribution is -0.128. The van der Waals surface area contributed by atoms with Crippen LogP contribution in [0.4, 0.5) is 10.1 Å². The first kappa shape index (κ1) is 24.1. The molecule has 0 saturated carbocycles. The summed E-state index contributed by atoms with van der Waals surface area (Å²) >= 11 is 0. The van der Waals surface area contributed by atoms with Crippen LogP contribution < -0.4 is 10.2 Å². The molecule has 0 aliphatic heterocycles. The van der Waals surface area contributed by atoms with Crippen molar-refractivity contribution >= 4 is 28.5 Å². The molecule has 0 saturated heterocycles. The van der Waals surface area contributed by atoms with E-state index in [1.165, 1.54) is 21.7 Å². The lowest BCUT2D eigenvalue weighted by Gasteiger charge is -2.34. The molecule has 8 heteroatoms. The van der Waals surface area contributed by atoms with Crippen molar-refractivity contribution in [1.82, 2.24) is 20.3 Å². The molecule has 1 N–H and O–H groups in total. The first-order chi connectivity index (χ1) is 16.6. The second-order valence-electron chi connectivity index (χ2n) is 9.50. The van der Waals surface area contributed by atoms with Gasteiger partial charge in [0.05, 0.1) is 5.52 Å². The molecule has 0 spiro atoms. The number of hydrogen-bond donors (Lipinski definition) is 1. The van der Waals surface area contributed by atoms with Crippen LogP contribution in [0.1, 0.15) is 37.9 Å². The highest BCUT2D eigenvalue weighted by Gasteiger charge is 2.36. The zero-order chi connectivity index (χ0) is 25.2. The number of amides is 2. The molecule has 180 valence electrons. The highest BCUT2D eigenvalue weighted by atomic mass is 19.1. The summed E-state index contributed by atoms with van der Waals surface area (Å²) in [5.41, 5.74) is 2.31. The zero-order valence-corrected chi connectivity index (χ0v) is 20.2. The summed E-state index contributed by atoms with van der Waals surface area (Å²) < 4.78 is 16.6. The van der Waals surface area contributed by atoms with Gasteiger partial charge in [-0.2, -0.15) is 0 Å². The molecule has 0 unspecified atom stereocenters. The van der Waals surface area contributed by atoms with Gasteiger partial charge in [0.15, 0.2) is 0 Å². The number of carbonyl (C=O) groups is 2. The van der Waals surface area contributed by atoms with E-state index in [2.05, 4.69) is 15.6 Å². The molecule has 0 aliphatic rings. The molecule has 4 rings (SSSR count). The Labute approximate surface area is 203 Å². The molecule has 7 nitrogen and oxygen atoms in total. The van der Waals surface area contributed by atoms with Crippen molar-refractivity contribution < 1.29 is 14.0 Å². The van der Waals surface area contributed by atoms with Gasteiger partial charge >= 0.3 is 0 Å². The molecule has 1 atom stereocenters.